The molecule has 1 unspecified atom stereocenters. The zero-order chi connectivity index (χ0) is 12.9. The number of benzene rings is 1. The van der Waals surface area contributed by atoms with Crippen LogP contribution in [0.5, 0.6) is 5.75 Å². The summed E-state index contributed by atoms with van der Waals surface area (Å²) in [6.07, 6.45) is -2.84. The van der Waals surface area contributed by atoms with E-state index in [0.717, 1.165) is 12.0 Å². The number of rotatable bonds is 5. The molecule has 0 radical (unpaired) electrons. The highest BCUT2D eigenvalue weighted by Gasteiger charge is 2.28. The van der Waals surface area contributed by atoms with Crippen molar-refractivity contribution in [3.63, 3.8) is 0 Å². The molecule has 0 spiro atoms. The molecule has 17 heavy (non-hydrogen) atoms. The van der Waals surface area contributed by atoms with Crippen LogP contribution in [0.2, 0.25) is 0 Å². The maximum atomic E-state index is 12.0. The largest absolute Gasteiger partial charge is 0.484 e. The third-order valence-corrected chi connectivity index (χ3v) is 2.32. The van der Waals surface area contributed by atoms with Crippen molar-refractivity contribution in [2.45, 2.75) is 32.0 Å². The van der Waals surface area contributed by atoms with Crippen LogP contribution in [0.3, 0.4) is 0 Å². The number of hydrogen-bond donors (Lipinski definition) is 1. The Hall–Kier alpha value is -1.23. The van der Waals surface area contributed by atoms with E-state index in [1.807, 2.05) is 13.0 Å². The lowest BCUT2D eigenvalue weighted by molar-refractivity contribution is -0.153. The summed E-state index contributed by atoms with van der Waals surface area (Å²) < 4.78 is 40.5. The summed E-state index contributed by atoms with van der Waals surface area (Å²) in [6, 6.07) is 6.63. The SMILES string of the molecule is CCC(N)Cc1cccc(OCC(F)(F)F)c1. The van der Waals surface area contributed by atoms with Crippen molar-refractivity contribution in [2.24, 2.45) is 5.73 Å². The third-order valence-electron chi connectivity index (χ3n) is 2.32. The second-order valence-corrected chi connectivity index (χ2v) is 3.92. The van der Waals surface area contributed by atoms with E-state index in [1.54, 1.807) is 12.1 Å². The molecule has 0 fully saturated rings. The van der Waals surface area contributed by atoms with Crippen molar-refractivity contribution in [2.75, 3.05) is 6.61 Å². The lowest BCUT2D eigenvalue weighted by Gasteiger charge is -2.12. The van der Waals surface area contributed by atoms with Gasteiger partial charge in [-0.05, 0) is 30.5 Å². The smallest absolute Gasteiger partial charge is 0.422 e. The van der Waals surface area contributed by atoms with E-state index in [-0.39, 0.29) is 11.8 Å². The fourth-order valence-electron chi connectivity index (χ4n) is 1.37. The topological polar surface area (TPSA) is 35.2 Å². The van der Waals surface area contributed by atoms with Gasteiger partial charge in [0.15, 0.2) is 6.61 Å². The minimum absolute atomic E-state index is 0.0212. The van der Waals surface area contributed by atoms with Crippen LogP contribution in [-0.2, 0) is 6.42 Å². The molecule has 0 saturated heterocycles. The molecule has 96 valence electrons. The highest BCUT2D eigenvalue weighted by molar-refractivity contribution is 5.29. The van der Waals surface area contributed by atoms with Crippen LogP contribution in [0.25, 0.3) is 0 Å². The first kappa shape index (κ1) is 13.8. The Bertz CT molecular complexity index is 352. The van der Waals surface area contributed by atoms with Gasteiger partial charge in [0.2, 0.25) is 0 Å². The first-order valence-electron chi connectivity index (χ1n) is 5.45. The van der Waals surface area contributed by atoms with Gasteiger partial charge in [0.1, 0.15) is 5.75 Å². The molecule has 0 aromatic heterocycles. The van der Waals surface area contributed by atoms with Gasteiger partial charge in [0.05, 0.1) is 0 Å². The van der Waals surface area contributed by atoms with Crippen LogP contribution in [0.1, 0.15) is 18.9 Å². The van der Waals surface area contributed by atoms with E-state index in [1.165, 1.54) is 6.07 Å². The molecule has 1 aromatic carbocycles. The van der Waals surface area contributed by atoms with Gasteiger partial charge < -0.3 is 10.5 Å². The number of hydrogen-bond acceptors (Lipinski definition) is 2. The zero-order valence-electron chi connectivity index (χ0n) is 9.63. The number of alkyl halides is 3. The number of halogens is 3. The Morgan fingerprint density at radius 3 is 2.65 bits per heavy atom. The molecule has 0 aliphatic carbocycles. The van der Waals surface area contributed by atoms with Crippen molar-refractivity contribution in [1.82, 2.24) is 0 Å². The summed E-state index contributed by atoms with van der Waals surface area (Å²) >= 11 is 0. The fourth-order valence-corrected chi connectivity index (χ4v) is 1.37. The normalized spacial score (nSPS) is 13.5. The summed E-state index contributed by atoms with van der Waals surface area (Å²) in [7, 11) is 0. The Labute approximate surface area is 98.6 Å². The molecule has 1 aromatic rings. The van der Waals surface area contributed by atoms with Gasteiger partial charge in [-0.15, -0.1) is 0 Å². The van der Waals surface area contributed by atoms with Gasteiger partial charge in [-0.1, -0.05) is 19.1 Å². The highest BCUT2D eigenvalue weighted by Crippen LogP contribution is 2.19. The van der Waals surface area contributed by atoms with Crippen LogP contribution in [0.4, 0.5) is 13.2 Å². The van der Waals surface area contributed by atoms with Gasteiger partial charge in [-0.2, -0.15) is 13.2 Å². The fraction of sp³-hybridized carbons (Fsp3) is 0.500. The van der Waals surface area contributed by atoms with Crippen molar-refractivity contribution >= 4 is 0 Å². The van der Waals surface area contributed by atoms with E-state index >= 15 is 0 Å². The molecule has 0 saturated carbocycles. The Kier molecular flexibility index (Phi) is 4.81. The summed E-state index contributed by atoms with van der Waals surface area (Å²) in [5, 5.41) is 0. The zero-order valence-corrected chi connectivity index (χ0v) is 9.63. The average molecular weight is 247 g/mol. The van der Waals surface area contributed by atoms with Crippen LogP contribution in [-0.4, -0.2) is 18.8 Å². The van der Waals surface area contributed by atoms with Gasteiger partial charge in [-0.3, -0.25) is 0 Å². The second-order valence-electron chi connectivity index (χ2n) is 3.92. The second kappa shape index (κ2) is 5.91. The van der Waals surface area contributed by atoms with Crippen molar-refractivity contribution in [3.8, 4) is 5.75 Å². The Balaban J connectivity index is 2.60. The predicted octanol–water partition coefficient (Wildman–Crippen LogP) is 2.91. The molecule has 0 aliphatic rings. The molecule has 1 rings (SSSR count). The van der Waals surface area contributed by atoms with Crippen LogP contribution >= 0.6 is 0 Å². The number of nitrogens with two attached hydrogens (primary N) is 1. The molecule has 0 bridgehead atoms. The lowest BCUT2D eigenvalue weighted by Crippen LogP contribution is -2.21. The number of ether oxygens (including phenoxy) is 1. The standard InChI is InChI=1S/C12H16F3NO/c1-2-10(16)6-9-4-3-5-11(7-9)17-8-12(13,14)15/h3-5,7,10H,2,6,8,16H2,1H3. The van der Waals surface area contributed by atoms with Gasteiger partial charge >= 0.3 is 6.18 Å². The predicted molar refractivity (Wildman–Crippen MR) is 60.0 cm³/mol. The van der Waals surface area contributed by atoms with Crippen LogP contribution in [0.15, 0.2) is 24.3 Å². The third kappa shape index (κ3) is 5.58. The minimum atomic E-state index is -4.31. The Morgan fingerprint density at radius 2 is 2.06 bits per heavy atom. The van der Waals surface area contributed by atoms with E-state index < -0.39 is 12.8 Å². The van der Waals surface area contributed by atoms with Gasteiger partial charge in [-0.25, -0.2) is 0 Å². The van der Waals surface area contributed by atoms with Crippen molar-refractivity contribution in [3.05, 3.63) is 29.8 Å². The molecule has 0 amide bonds. The van der Waals surface area contributed by atoms with E-state index in [4.69, 9.17) is 5.73 Å². The lowest BCUT2D eigenvalue weighted by atomic mass is 10.0. The molecule has 1 atom stereocenters. The first-order chi connectivity index (χ1) is 7.90. The monoisotopic (exact) mass is 247 g/mol. The van der Waals surface area contributed by atoms with Crippen molar-refractivity contribution in [1.29, 1.82) is 0 Å². The van der Waals surface area contributed by atoms with E-state index in [2.05, 4.69) is 4.74 Å². The summed E-state index contributed by atoms with van der Waals surface area (Å²) in [6.45, 7) is 0.699. The average Bonchev–Trinajstić information content (AvgIpc) is 2.26. The summed E-state index contributed by atoms with van der Waals surface area (Å²) in [4.78, 5) is 0. The van der Waals surface area contributed by atoms with Crippen LogP contribution in [0, 0.1) is 0 Å². The molecule has 0 heterocycles. The Morgan fingerprint density at radius 1 is 1.35 bits per heavy atom. The summed E-state index contributed by atoms with van der Waals surface area (Å²) in [5.74, 6) is 0.225. The maximum Gasteiger partial charge on any atom is 0.422 e. The van der Waals surface area contributed by atoms with Gasteiger partial charge in [0, 0.05) is 6.04 Å². The molecule has 2 N–H and O–H groups in total. The maximum absolute atomic E-state index is 12.0. The van der Waals surface area contributed by atoms with Crippen LogP contribution < -0.4 is 10.5 Å². The van der Waals surface area contributed by atoms with Crippen molar-refractivity contribution < 1.29 is 17.9 Å². The highest BCUT2D eigenvalue weighted by atomic mass is 19.4. The van der Waals surface area contributed by atoms with E-state index in [9.17, 15) is 13.2 Å². The molecular weight excluding hydrogens is 231 g/mol. The minimum Gasteiger partial charge on any atom is -0.484 e. The molecule has 2 nitrogen and oxygen atoms in total. The first-order valence-corrected chi connectivity index (χ1v) is 5.45. The molecule has 5 heteroatoms. The summed E-state index contributed by atoms with van der Waals surface area (Å²) in [5.41, 5.74) is 6.67. The molecular formula is C12H16F3NO. The quantitative estimate of drug-likeness (QED) is 0.868. The molecule has 0 aliphatic heterocycles. The van der Waals surface area contributed by atoms with E-state index in [0.29, 0.717) is 6.42 Å². The van der Waals surface area contributed by atoms with Gasteiger partial charge in [0.25, 0.3) is 0 Å².